The number of nitrogens with one attached hydrogen (secondary N) is 1. The van der Waals surface area contributed by atoms with E-state index in [1.807, 2.05) is 4.90 Å². The summed E-state index contributed by atoms with van der Waals surface area (Å²) in [7, 11) is -4.29. The Hall–Kier alpha value is -3.65. The second kappa shape index (κ2) is 8.23. The molecule has 14 heteroatoms. The number of imidazole rings is 1. The fraction of sp³-hybridized carbons (Fsp3) is 0.353. The molecule has 0 amide bonds. The van der Waals surface area contributed by atoms with E-state index in [9.17, 15) is 21.6 Å². The Morgan fingerprint density at radius 1 is 1.16 bits per heavy atom. The lowest BCUT2D eigenvalue weighted by molar-refractivity contribution is -0.0429. The Morgan fingerprint density at radius 2 is 1.84 bits per heavy atom. The molecule has 31 heavy (non-hydrogen) atoms. The number of azo groups is 1. The number of sulfonamides is 1. The van der Waals surface area contributed by atoms with Gasteiger partial charge in [-0.05, 0) is 31.0 Å². The van der Waals surface area contributed by atoms with Crippen LogP contribution >= 0.6 is 0 Å². The van der Waals surface area contributed by atoms with Crippen LogP contribution in [-0.4, -0.2) is 36.6 Å². The van der Waals surface area contributed by atoms with Crippen molar-refractivity contribution in [2.24, 2.45) is 17.3 Å². The van der Waals surface area contributed by atoms with Crippen LogP contribution in [-0.2, 0) is 17.1 Å². The molecule has 0 aliphatic carbocycles. The first-order chi connectivity index (χ1) is 14.6. The lowest BCUT2D eigenvalue weighted by Gasteiger charge is -2.20. The minimum Gasteiger partial charge on any atom is -0.371 e. The van der Waals surface area contributed by atoms with Crippen molar-refractivity contribution in [3.63, 3.8) is 0 Å². The summed E-state index contributed by atoms with van der Waals surface area (Å²) in [6.45, 7) is 1.38. The first-order valence-electron chi connectivity index (χ1n) is 8.84. The van der Waals surface area contributed by atoms with Crippen LogP contribution in [0.25, 0.3) is 0 Å². The van der Waals surface area contributed by atoms with E-state index >= 15 is 0 Å². The topological polar surface area (TPSA) is 140 Å². The molecule has 2 aromatic rings. The van der Waals surface area contributed by atoms with Crippen molar-refractivity contribution in [1.29, 1.82) is 10.5 Å². The fourth-order valence-corrected chi connectivity index (χ4v) is 3.52. The van der Waals surface area contributed by atoms with Gasteiger partial charge in [0.05, 0.1) is 5.69 Å². The Morgan fingerprint density at radius 3 is 2.39 bits per heavy atom. The van der Waals surface area contributed by atoms with Gasteiger partial charge in [0.2, 0.25) is 0 Å². The molecule has 0 radical (unpaired) electrons. The summed E-state index contributed by atoms with van der Waals surface area (Å²) in [4.78, 5) is 5.74. The van der Waals surface area contributed by atoms with Gasteiger partial charge in [0, 0.05) is 25.8 Å². The van der Waals surface area contributed by atoms with Crippen LogP contribution in [0.15, 0.2) is 28.4 Å². The first kappa shape index (κ1) is 22.0. The van der Waals surface area contributed by atoms with Gasteiger partial charge in [0.25, 0.3) is 5.95 Å². The van der Waals surface area contributed by atoms with E-state index < -0.39 is 21.2 Å². The number of hydrogen-bond acceptors (Lipinski definition) is 8. The first-order valence-corrected chi connectivity index (χ1v) is 10.3. The van der Waals surface area contributed by atoms with Gasteiger partial charge in [0.15, 0.2) is 11.4 Å². The standard InChI is InChI=1S/C17H15F3N8O2S/c1-27-15(10-22)14(9-21)23-16(27)25-24-12-5-4-11(28-6-2-3-7-28)8-13(12)26-31(29,30)17(18,19)20/h4-5,8,26H,2-3,6-7H2,1H3. The molecule has 1 aliphatic heterocycles. The van der Waals surface area contributed by atoms with Crippen molar-refractivity contribution < 1.29 is 21.6 Å². The van der Waals surface area contributed by atoms with Crippen LogP contribution in [0.4, 0.5) is 36.2 Å². The summed E-state index contributed by atoms with van der Waals surface area (Å²) in [6, 6.07) is 7.68. The summed E-state index contributed by atoms with van der Waals surface area (Å²) < 4.78 is 64.7. The average Bonchev–Trinajstić information content (AvgIpc) is 3.34. The van der Waals surface area contributed by atoms with Crippen LogP contribution < -0.4 is 9.62 Å². The number of nitrogens with zero attached hydrogens (tertiary/aromatic N) is 7. The van der Waals surface area contributed by atoms with Crippen LogP contribution in [0.2, 0.25) is 0 Å². The molecule has 162 valence electrons. The number of hydrogen-bond donors (Lipinski definition) is 1. The van der Waals surface area contributed by atoms with E-state index in [2.05, 4.69) is 15.2 Å². The smallest absolute Gasteiger partial charge is 0.371 e. The number of aromatic nitrogens is 2. The van der Waals surface area contributed by atoms with Crippen LogP contribution in [0.3, 0.4) is 0 Å². The normalized spacial score (nSPS) is 14.6. The molecule has 1 aromatic carbocycles. The van der Waals surface area contributed by atoms with Gasteiger partial charge in [-0.2, -0.15) is 37.1 Å². The van der Waals surface area contributed by atoms with E-state index in [1.165, 1.54) is 28.5 Å². The van der Waals surface area contributed by atoms with Gasteiger partial charge in [0.1, 0.15) is 17.8 Å². The third-order valence-corrected chi connectivity index (χ3v) is 5.63. The van der Waals surface area contributed by atoms with Crippen molar-refractivity contribution in [3.05, 3.63) is 29.6 Å². The maximum atomic E-state index is 12.9. The maximum absolute atomic E-state index is 12.9. The number of halogens is 3. The third kappa shape index (κ3) is 4.44. The van der Waals surface area contributed by atoms with Crippen LogP contribution in [0, 0.1) is 22.7 Å². The Balaban J connectivity index is 2.03. The lowest BCUT2D eigenvalue weighted by atomic mass is 10.2. The number of rotatable bonds is 5. The molecule has 1 aliphatic rings. The third-order valence-electron chi connectivity index (χ3n) is 4.53. The molecule has 1 fully saturated rings. The summed E-state index contributed by atoms with van der Waals surface area (Å²) >= 11 is 0. The Bertz CT molecular complexity index is 1220. The summed E-state index contributed by atoms with van der Waals surface area (Å²) in [5.41, 5.74) is -5.86. The predicted octanol–water partition coefficient (Wildman–Crippen LogP) is 3.44. The highest BCUT2D eigenvalue weighted by Crippen LogP contribution is 2.35. The second-order valence-corrected chi connectivity index (χ2v) is 8.21. The molecular formula is C17H15F3N8O2S. The number of benzene rings is 1. The quantitative estimate of drug-likeness (QED) is 0.689. The molecule has 0 saturated carbocycles. The highest BCUT2D eigenvalue weighted by Gasteiger charge is 2.46. The van der Waals surface area contributed by atoms with Crippen LogP contribution in [0.5, 0.6) is 0 Å². The summed E-state index contributed by atoms with van der Waals surface area (Å²) in [5, 5.41) is 25.7. The van der Waals surface area contributed by atoms with Gasteiger partial charge in [-0.15, -0.1) is 10.2 Å². The number of nitriles is 2. The predicted molar refractivity (Wildman–Crippen MR) is 103 cm³/mol. The molecule has 1 saturated heterocycles. The van der Waals surface area contributed by atoms with Crippen molar-refractivity contribution in [2.75, 3.05) is 22.7 Å². The molecule has 0 atom stereocenters. The molecule has 1 N–H and O–H groups in total. The van der Waals surface area contributed by atoms with Gasteiger partial charge in [-0.1, -0.05) is 0 Å². The molecule has 2 heterocycles. The highest BCUT2D eigenvalue weighted by molar-refractivity contribution is 7.93. The molecule has 0 bridgehead atoms. The highest BCUT2D eigenvalue weighted by atomic mass is 32.2. The van der Waals surface area contributed by atoms with E-state index in [4.69, 9.17) is 10.5 Å². The van der Waals surface area contributed by atoms with E-state index in [0.29, 0.717) is 18.8 Å². The molecule has 10 nitrogen and oxygen atoms in total. The monoisotopic (exact) mass is 452 g/mol. The summed E-state index contributed by atoms with van der Waals surface area (Å²) in [6.07, 6.45) is 1.82. The Labute approximate surface area is 175 Å². The SMILES string of the molecule is Cn1c(N=Nc2ccc(N3CCCC3)cc2NS(=O)(=O)C(F)(F)F)nc(C#N)c1C#N. The molecule has 0 spiro atoms. The Kier molecular flexibility index (Phi) is 5.85. The van der Waals surface area contributed by atoms with E-state index in [1.54, 1.807) is 18.2 Å². The lowest BCUT2D eigenvalue weighted by Crippen LogP contribution is -2.30. The second-order valence-electron chi connectivity index (χ2n) is 6.54. The molecule has 0 unspecified atom stereocenters. The van der Waals surface area contributed by atoms with E-state index in [-0.39, 0.29) is 23.0 Å². The van der Waals surface area contributed by atoms with Crippen molar-refractivity contribution >= 4 is 33.0 Å². The van der Waals surface area contributed by atoms with Gasteiger partial charge >= 0.3 is 15.5 Å². The van der Waals surface area contributed by atoms with E-state index in [0.717, 1.165) is 12.8 Å². The van der Waals surface area contributed by atoms with Gasteiger partial charge in [-0.3, -0.25) is 4.72 Å². The largest absolute Gasteiger partial charge is 0.516 e. The zero-order valence-corrected chi connectivity index (χ0v) is 16.9. The van der Waals surface area contributed by atoms with Crippen molar-refractivity contribution in [2.45, 2.75) is 18.3 Å². The maximum Gasteiger partial charge on any atom is 0.516 e. The van der Waals surface area contributed by atoms with Crippen LogP contribution in [0.1, 0.15) is 24.2 Å². The van der Waals surface area contributed by atoms with Crippen molar-refractivity contribution in [1.82, 2.24) is 9.55 Å². The zero-order chi connectivity index (χ0) is 22.8. The van der Waals surface area contributed by atoms with Crippen molar-refractivity contribution in [3.8, 4) is 12.1 Å². The average molecular weight is 452 g/mol. The number of anilines is 2. The molecule has 3 rings (SSSR count). The minimum absolute atomic E-state index is 0.0705. The fourth-order valence-electron chi connectivity index (χ4n) is 2.95. The number of alkyl halides is 3. The molecule has 1 aromatic heterocycles. The van der Waals surface area contributed by atoms with Gasteiger partial charge < -0.3 is 9.47 Å². The zero-order valence-electron chi connectivity index (χ0n) is 16.0. The molecular weight excluding hydrogens is 437 g/mol. The summed E-state index contributed by atoms with van der Waals surface area (Å²) in [5.74, 6) is -0.152. The minimum atomic E-state index is -5.69. The van der Waals surface area contributed by atoms with Gasteiger partial charge in [-0.25, -0.2) is 0 Å².